The minimum Gasteiger partial charge on any atom is -0.337 e. The number of aryl methyl sites for hydroxylation is 1. The van der Waals surface area contributed by atoms with Crippen LogP contribution in [0.15, 0.2) is 73.2 Å². The fraction of sp³-hybridized carbons (Fsp3) is 0.455. The maximum absolute atomic E-state index is 13.1. The number of aromatic nitrogens is 4. The van der Waals surface area contributed by atoms with Crippen LogP contribution < -0.4 is 0 Å². The molecule has 3 atom stereocenters. The SMILES string of the molecule is Cc1nc2ccccc2n1C1C[C@H]2CC[C@@H](C1)N2CCC1(c2ccccc2)CCN(C(=O)c2cnccn2)CC1. The van der Waals surface area contributed by atoms with Crippen molar-refractivity contribution in [2.24, 2.45) is 0 Å². The van der Waals surface area contributed by atoms with E-state index in [0.29, 0.717) is 23.8 Å². The van der Waals surface area contributed by atoms with Crippen molar-refractivity contribution in [3.63, 3.8) is 0 Å². The first-order valence-corrected chi connectivity index (χ1v) is 14.9. The lowest BCUT2D eigenvalue weighted by Gasteiger charge is -2.45. The minimum absolute atomic E-state index is 0.00259. The van der Waals surface area contributed by atoms with Gasteiger partial charge in [0.2, 0.25) is 0 Å². The number of amides is 1. The quantitative estimate of drug-likeness (QED) is 0.324. The highest BCUT2D eigenvalue weighted by Gasteiger charge is 2.44. The Morgan fingerprint density at radius 1 is 0.925 bits per heavy atom. The zero-order valence-electron chi connectivity index (χ0n) is 23.3. The summed E-state index contributed by atoms with van der Waals surface area (Å²) in [4.78, 5) is 31.1. The van der Waals surface area contributed by atoms with E-state index in [1.807, 2.05) is 4.90 Å². The molecule has 3 aliphatic heterocycles. The lowest BCUT2D eigenvalue weighted by atomic mass is 9.70. The van der Waals surface area contributed by atoms with Crippen LogP contribution in [0.5, 0.6) is 0 Å². The normalized spacial score (nSPS) is 24.4. The first-order valence-electron chi connectivity index (χ1n) is 14.9. The number of piperidine rings is 2. The van der Waals surface area contributed by atoms with Crippen LogP contribution in [-0.4, -0.2) is 66.9 Å². The van der Waals surface area contributed by atoms with E-state index in [1.54, 1.807) is 18.6 Å². The van der Waals surface area contributed by atoms with Gasteiger partial charge in [0.15, 0.2) is 0 Å². The van der Waals surface area contributed by atoms with Crippen LogP contribution in [0.2, 0.25) is 0 Å². The van der Waals surface area contributed by atoms with E-state index in [2.05, 4.69) is 81.0 Å². The van der Waals surface area contributed by atoms with E-state index in [-0.39, 0.29) is 11.3 Å². The molecule has 7 heteroatoms. The van der Waals surface area contributed by atoms with Crippen molar-refractivity contribution in [1.82, 2.24) is 29.3 Å². The summed E-state index contributed by atoms with van der Waals surface area (Å²) in [6, 6.07) is 21.4. The second-order valence-corrected chi connectivity index (χ2v) is 12.0. The number of para-hydroxylation sites is 2. The van der Waals surface area contributed by atoms with Gasteiger partial charge in [0, 0.05) is 43.6 Å². The van der Waals surface area contributed by atoms with Crippen molar-refractivity contribution in [2.75, 3.05) is 19.6 Å². The number of carbonyl (C=O) groups excluding carboxylic acids is 1. The zero-order chi connectivity index (χ0) is 27.1. The van der Waals surface area contributed by atoms with E-state index in [9.17, 15) is 4.79 Å². The third-order valence-electron chi connectivity index (χ3n) is 10.0. The summed E-state index contributed by atoms with van der Waals surface area (Å²) < 4.78 is 2.52. The summed E-state index contributed by atoms with van der Waals surface area (Å²) in [6.45, 7) is 4.80. The number of rotatable bonds is 6. The molecule has 0 radical (unpaired) electrons. The van der Waals surface area contributed by atoms with Crippen molar-refractivity contribution >= 4 is 16.9 Å². The predicted octanol–water partition coefficient (Wildman–Crippen LogP) is 5.57. The van der Waals surface area contributed by atoms with Crippen LogP contribution in [0.4, 0.5) is 0 Å². The minimum atomic E-state index is -0.00259. The van der Waals surface area contributed by atoms with Crippen LogP contribution in [-0.2, 0) is 5.41 Å². The number of carbonyl (C=O) groups is 1. The van der Waals surface area contributed by atoms with E-state index in [4.69, 9.17) is 4.98 Å². The number of likely N-dealkylation sites (tertiary alicyclic amines) is 1. The molecule has 4 aromatic rings. The molecule has 206 valence electrons. The molecule has 0 N–H and O–H groups in total. The van der Waals surface area contributed by atoms with Gasteiger partial charge in [-0.3, -0.25) is 14.7 Å². The Morgan fingerprint density at radius 3 is 2.38 bits per heavy atom. The zero-order valence-corrected chi connectivity index (χ0v) is 23.3. The predicted molar refractivity (Wildman–Crippen MR) is 156 cm³/mol. The molecule has 0 aliphatic carbocycles. The lowest BCUT2D eigenvalue weighted by molar-refractivity contribution is 0.0601. The Morgan fingerprint density at radius 2 is 1.65 bits per heavy atom. The molecule has 7 nitrogen and oxygen atoms in total. The van der Waals surface area contributed by atoms with Gasteiger partial charge in [0.25, 0.3) is 5.91 Å². The molecule has 2 aromatic heterocycles. The molecule has 5 heterocycles. The standard InChI is InChI=1S/C33H38N6O/c1-24-36-29-9-5-6-10-31(29)39(24)28-21-26-11-12-27(22-28)38(26)20-15-33(25-7-3-2-4-8-25)13-18-37(19-14-33)32(40)30-23-34-16-17-35-30/h2-10,16-17,23,26-28H,11-15,18-22H2,1H3/t26-,27+,28?. The fourth-order valence-corrected chi connectivity index (χ4v) is 7.97. The highest BCUT2D eigenvalue weighted by molar-refractivity contribution is 5.92. The first kappa shape index (κ1) is 25.4. The second-order valence-electron chi connectivity index (χ2n) is 12.0. The van der Waals surface area contributed by atoms with Crippen molar-refractivity contribution in [3.8, 4) is 0 Å². The molecule has 1 amide bonds. The van der Waals surface area contributed by atoms with Crippen molar-refractivity contribution in [3.05, 3.63) is 90.3 Å². The Bertz CT molecular complexity index is 1460. The van der Waals surface area contributed by atoms with Crippen LogP contribution in [0.3, 0.4) is 0 Å². The van der Waals surface area contributed by atoms with Crippen molar-refractivity contribution < 1.29 is 4.79 Å². The van der Waals surface area contributed by atoms with Crippen molar-refractivity contribution in [2.45, 2.75) is 75.4 Å². The summed E-state index contributed by atoms with van der Waals surface area (Å²) in [5, 5.41) is 0. The average molecular weight is 535 g/mol. The molecule has 2 aromatic carbocycles. The smallest absolute Gasteiger partial charge is 0.274 e. The van der Waals surface area contributed by atoms with Gasteiger partial charge in [-0.25, -0.2) is 9.97 Å². The summed E-state index contributed by atoms with van der Waals surface area (Å²) in [6.07, 6.45) is 12.9. The number of nitrogens with zero attached hydrogens (tertiary/aromatic N) is 6. The summed E-state index contributed by atoms with van der Waals surface area (Å²) in [7, 11) is 0. The van der Waals surface area contributed by atoms with Crippen LogP contribution in [0.1, 0.15) is 72.9 Å². The van der Waals surface area contributed by atoms with E-state index in [0.717, 1.165) is 50.2 Å². The molecule has 3 aliphatic rings. The molecule has 0 saturated carbocycles. The number of imidazole rings is 1. The van der Waals surface area contributed by atoms with Gasteiger partial charge in [0.1, 0.15) is 11.5 Å². The van der Waals surface area contributed by atoms with Gasteiger partial charge in [-0.05, 0) is 81.5 Å². The Kier molecular flexibility index (Phi) is 6.62. The fourth-order valence-electron chi connectivity index (χ4n) is 7.97. The largest absolute Gasteiger partial charge is 0.337 e. The topological polar surface area (TPSA) is 67.2 Å². The van der Waals surface area contributed by atoms with Gasteiger partial charge in [-0.15, -0.1) is 0 Å². The lowest BCUT2D eigenvalue weighted by Crippen LogP contribution is -2.49. The maximum Gasteiger partial charge on any atom is 0.274 e. The van der Waals surface area contributed by atoms with Crippen LogP contribution in [0.25, 0.3) is 11.0 Å². The van der Waals surface area contributed by atoms with Gasteiger partial charge in [0.05, 0.1) is 17.2 Å². The molecular formula is C33H38N6O. The molecule has 2 bridgehead atoms. The van der Waals surface area contributed by atoms with E-state index in [1.165, 1.54) is 36.8 Å². The number of benzene rings is 2. The summed E-state index contributed by atoms with van der Waals surface area (Å²) >= 11 is 0. The second kappa shape index (κ2) is 10.4. The highest BCUT2D eigenvalue weighted by atomic mass is 16.2. The Hall–Kier alpha value is -3.58. The summed E-state index contributed by atoms with van der Waals surface area (Å²) in [5.74, 6) is 1.14. The molecule has 3 fully saturated rings. The van der Waals surface area contributed by atoms with Gasteiger partial charge in [-0.1, -0.05) is 42.5 Å². The molecule has 40 heavy (non-hydrogen) atoms. The third-order valence-corrected chi connectivity index (χ3v) is 10.0. The molecule has 7 rings (SSSR count). The van der Waals surface area contributed by atoms with Crippen molar-refractivity contribution in [1.29, 1.82) is 0 Å². The van der Waals surface area contributed by atoms with Crippen LogP contribution >= 0.6 is 0 Å². The van der Waals surface area contributed by atoms with Gasteiger partial charge < -0.3 is 9.47 Å². The molecule has 1 unspecified atom stereocenters. The molecule has 0 spiro atoms. The summed E-state index contributed by atoms with van der Waals surface area (Å²) in [5.41, 5.74) is 4.35. The molecular weight excluding hydrogens is 496 g/mol. The van der Waals surface area contributed by atoms with Crippen LogP contribution in [0, 0.1) is 6.92 Å². The number of hydrogen-bond donors (Lipinski definition) is 0. The monoisotopic (exact) mass is 534 g/mol. The van der Waals surface area contributed by atoms with E-state index >= 15 is 0 Å². The average Bonchev–Trinajstić information content (AvgIpc) is 3.47. The highest BCUT2D eigenvalue weighted by Crippen LogP contribution is 2.45. The first-order chi connectivity index (χ1) is 19.6. The maximum atomic E-state index is 13.1. The Labute approximate surface area is 236 Å². The third kappa shape index (κ3) is 4.50. The number of fused-ring (bicyclic) bond motifs is 3. The Balaban J connectivity index is 1.07. The van der Waals surface area contributed by atoms with Gasteiger partial charge in [-0.2, -0.15) is 0 Å². The van der Waals surface area contributed by atoms with Gasteiger partial charge >= 0.3 is 0 Å². The molecule has 3 saturated heterocycles. The van der Waals surface area contributed by atoms with E-state index < -0.39 is 0 Å². The number of hydrogen-bond acceptors (Lipinski definition) is 5.